The number of thioether (sulfide) groups is 1. The lowest BCUT2D eigenvalue weighted by Crippen LogP contribution is -2.15. The molecule has 1 aromatic rings. The molecule has 7 heteroatoms. The second-order valence-electron chi connectivity index (χ2n) is 3.53. The number of thiophene rings is 1. The van der Waals surface area contributed by atoms with Gasteiger partial charge in [-0.25, -0.2) is 0 Å². The Morgan fingerprint density at radius 1 is 1.44 bits per heavy atom. The smallest absolute Gasteiger partial charge is 0.313 e. The number of rotatable bonds is 5. The van der Waals surface area contributed by atoms with E-state index in [1.807, 2.05) is 13.8 Å². The number of amides is 1. The molecule has 0 unspecified atom stereocenters. The van der Waals surface area contributed by atoms with Gasteiger partial charge in [-0.2, -0.15) is 5.26 Å². The summed E-state index contributed by atoms with van der Waals surface area (Å²) in [6.45, 7) is 3.72. The van der Waals surface area contributed by atoms with Crippen LogP contribution in [0.1, 0.15) is 16.0 Å². The quantitative estimate of drug-likeness (QED) is 0.863. The van der Waals surface area contributed by atoms with Crippen molar-refractivity contribution in [2.75, 3.05) is 16.8 Å². The van der Waals surface area contributed by atoms with Gasteiger partial charge in [-0.15, -0.1) is 23.1 Å². The molecule has 0 aliphatic heterocycles. The summed E-state index contributed by atoms with van der Waals surface area (Å²) in [6, 6.07) is 2.06. The molecular weight excluding hydrogens is 272 g/mol. The molecule has 0 aliphatic rings. The summed E-state index contributed by atoms with van der Waals surface area (Å²) < 4.78 is 0. The van der Waals surface area contributed by atoms with Crippen molar-refractivity contribution in [3.63, 3.8) is 0 Å². The highest BCUT2D eigenvalue weighted by atomic mass is 32.2. The molecule has 2 N–H and O–H groups in total. The fourth-order valence-corrected chi connectivity index (χ4v) is 2.80. The Morgan fingerprint density at radius 2 is 2.11 bits per heavy atom. The van der Waals surface area contributed by atoms with E-state index in [1.165, 1.54) is 11.3 Å². The third kappa shape index (κ3) is 3.75. The molecule has 0 aromatic carbocycles. The second kappa shape index (κ2) is 6.42. The van der Waals surface area contributed by atoms with Crippen molar-refractivity contribution in [1.29, 1.82) is 5.26 Å². The lowest BCUT2D eigenvalue weighted by Gasteiger charge is -2.02. The molecule has 0 saturated carbocycles. The second-order valence-corrected chi connectivity index (χ2v) is 5.74. The first-order valence-electron chi connectivity index (χ1n) is 5.05. The van der Waals surface area contributed by atoms with Crippen molar-refractivity contribution < 1.29 is 14.7 Å². The number of hydrogen-bond acceptors (Lipinski definition) is 5. The van der Waals surface area contributed by atoms with E-state index in [0.29, 0.717) is 10.6 Å². The van der Waals surface area contributed by atoms with Crippen molar-refractivity contribution in [2.24, 2.45) is 0 Å². The van der Waals surface area contributed by atoms with Crippen LogP contribution in [0.3, 0.4) is 0 Å². The third-order valence-corrected chi connectivity index (χ3v) is 4.25. The van der Waals surface area contributed by atoms with Crippen LogP contribution < -0.4 is 5.32 Å². The summed E-state index contributed by atoms with van der Waals surface area (Å²) in [7, 11) is 0. The van der Waals surface area contributed by atoms with Gasteiger partial charge in [0.1, 0.15) is 11.1 Å². The molecule has 0 saturated heterocycles. The molecule has 0 atom stereocenters. The summed E-state index contributed by atoms with van der Waals surface area (Å²) in [5.41, 5.74) is 1.35. The van der Waals surface area contributed by atoms with Gasteiger partial charge in [-0.1, -0.05) is 0 Å². The van der Waals surface area contributed by atoms with Crippen molar-refractivity contribution in [1.82, 2.24) is 0 Å². The lowest BCUT2D eigenvalue weighted by molar-refractivity contribution is -0.133. The van der Waals surface area contributed by atoms with Crippen LogP contribution in [0.25, 0.3) is 0 Å². The van der Waals surface area contributed by atoms with E-state index in [4.69, 9.17) is 10.4 Å². The monoisotopic (exact) mass is 284 g/mol. The number of nitriles is 1. The number of carboxylic acids is 1. The minimum Gasteiger partial charge on any atom is -0.481 e. The highest BCUT2D eigenvalue weighted by Crippen LogP contribution is 2.31. The first-order valence-corrected chi connectivity index (χ1v) is 7.02. The largest absolute Gasteiger partial charge is 0.481 e. The number of carboxylic acid groups (broad SMARTS) is 1. The Kier molecular flexibility index (Phi) is 5.19. The number of aryl methyl sites for hydroxylation is 1. The maximum atomic E-state index is 11.6. The number of carbonyl (C=O) groups excluding carboxylic acids is 1. The van der Waals surface area contributed by atoms with Crippen LogP contribution in [0.4, 0.5) is 5.00 Å². The average Bonchev–Trinajstić information content (AvgIpc) is 2.53. The van der Waals surface area contributed by atoms with Gasteiger partial charge in [0.05, 0.1) is 17.1 Å². The minimum atomic E-state index is -0.951. The van der Waals surface area contributed by atoms with Crippen LogP contribution in [0.15, 0.2) is 0 Å². The van der Waals surface area contributed by atoms with Gasteiger partial charge < -0.3 is 10.4 Å². The fraction of sp³-hybridized carbons (Fsp3) is 0.364. The number of aliphatic carboxylic acids is 1. The number of nitrogens with one attached hydrogen (secondary N) is 1. The maximum Gasteiger partial charge on any atom is 0.313 e. The molecule has 0 fully saturated rings. The Bertz CT molecular complexity index is 517. The van der Waals surface area contributed by atoms with Gasteiger partial charge in [-0.05, 0) is 19.4 Å². The van der Waals surface area contributed by atoms with Gasteiger partial charge >= 0.3 is 5.97 Å². The van der Waals surface area contributed by atoms with Crippen molar-refractivity contribution in [3.05, 3.63) is 16.0 Å². The molecule has 18 heavy (non-hydrogen) atoms. The van der Waals surface area contributed by atoms with E-state index < -0.39 is 5.97 Å². The maximum absolute atomic E-state index is 11.6. The first kappa shape index (κ1) is 14.5. The van der Waals surface area contributed by atoms with E-state index in [2.05, 4.69) is 11.4 Å². The van der Waals surface area contributed by atoms with Crippen LogP contribution in [0.5, 0.6) is 0 Å². The van der Waals surface area contributed by atoms with Crippen LogP contribution in [0.2, 0.25) is 0 Å². The highest BCUT2D eigenvalue weighted by molar-refractivity contribution is 8.00. The molecule has 1 aromatic heterocycles. The SMILES string of the molecule is Cc1sc(NC(=O)CSCC(=O)O)c(C#N)c1C. The summed E-state index contributed by atoms with van der Waals surface area (Å²) >= 11 is 2.38. The number of nitrogens with zero attached hydrogens (tertiary/aromatic N) is 1. The normalized spacial score (nSPS) is 9.83. The Balaban J connectivity index is 2.63. The highest BCUT2D eigenvalue weighted by Gasteiger charge is 2.14. The zero-order chi connectivity index (χ0) is 13.7. The molecule has 1 rings (SSSR count). The molecule has 5 nitrogen and oxygen atoms in total. The average molecular weight is 284 g/mol. The zero-order valence-corrected chi connectivity index (χ0v) is 11.6. The van der Waals surface area contributed by atoms with Gasteiger partial charge in [0.15, 0.2) is 0 Å². The molecule has 0 aliphatic carbocycles. The van der Waals surface area contributed by atoms with Gasteiger partial charge in [0, 0.05) is 4.88 Å². The van der Waals surface area contributed by atoms with Crippen LogP contribution >= 0.6 is 23.1 Å². The summed E-state index contributed by atoms with van der Waals surface area (Å²) in [5.74, 6) is -1.29. The summed E-state index contributed by atoms with van der Waals surface area (Å²) in [4.78, 5) is 22.8. The van der Waals surface area contributed by atoms with Crippen LogP contribution in [0, 0.1) is 25.2 Å². The number of hydrogen-bond donors (Lipinski definition) is 2. The van der Waals surface area contributed by atoms with Crippen molar-refractivity contribution in [3.8, 4) is 6.07 Å². The standard InChI is InChI=1S/C11H12N2O3S2/c1-6-7(2)18-11(8(6)3-12)13-9(14)4-17-5-10(15)16/h4-5H2,1-2H3,(H,13,14)(H,15,16). The predicted molar refractivity (Wildman–Crippen MR) is 72.1 cm³/mol. The van der Waals surface area contributed by atoms with Crippen LogP contribution in [-0.4, -0.2) is 28.5 Å². The Hall–Kier alpha value is -1.52. The van der Waals surface area contributed by atoms with E-state index >= 15 is 0 Å². The van der Waals surface area contributed by atoms with E-state index in [-0.39, 0.29) is 17.4 Å². The van der Waals surface area contributed by atoms with E-state index in [1.54, 1.807) is 0 Å². The topological polar surface area (TPSA) is 90.2 Å². The first-order chi connectivity index (χ1) is 8.45. The molecule has 0 spiro atoms. The van der Waals surface area contributed by atoms with Gasteiger partial charge in [-0.3, -0.25) is 9.59 Å². The molecule has 1 amide bonds. The third-order valence-electron chi connectivity index (χ3n) is 2.21. The van der Waals surface area contributed by atoms with E-state index in [9.17, 15) is 9.59 Å². The summed E-state index contributed by atoms with van der Waals surface area (Å²) in [5, 5.41) is 20.6. The zero-order valence-electron chi connectivity index (χ0n) is 9.94. The number of anilines is 1. The molecule has 0 radical (unpaired) electrons. The molecule has 0 bridgehead atoms. The molecular formula is C11H12N2O3S2. The van der Waals surface area contributed by atoms with Crippen molar-refractivity contribution in [2.45, 2.75) is 13.8 Å². The van der Waals surface area contributed by atoms with Crippen LogP contribution in [-0.2, 0) is 9.59 Å². The number of carbonyl (C=O) groups is 2. The van der Waals surface area contributed by atoms with Gasteiger partial charge in [0.2, 0.25) is 5.91 Å². The Labute approximate surface area is 113 Å². The van der Waals surface area contributed by atoms with E-state index in [0.717, 1.165) is 22.2 Å². The Morgan fingerprint density at radius 3 is 2.67 bits per heavy atom. The fourth-order valence-electron chi connectivity index (χ4n) is 1.24. The molecule has 1 heterocycles. The molecule has 96 valence electrons. The minimum absolute atomic E-state index is 0.0627. The summed E-state index contributed by atoms with van der Waals surface area (Å²) in [6.07, 6.45) is 0. The van der Waals surface area contributed by atoms with Gasteiger partial charge in [0.25, 0.3) is 0 Å². The van der Waals surface area contributed by atoms with Crippen molar-refractivity contribution >= 4 is 40.0 Å². The lowest BCUT2D eigenvalue weighted by atomic mass is 10.2. The predicted octanol–water partition coefficient (Wildman–Crippen LogP) is 1.99.